The lowest BCUT2D eigenvalue weighted by Gasteiger charge is -2.23. The number of hydrogen-bond donors (Lipinski definition) is 2. The van der Waals surface area contributed by atoms with Gasteiger partial charge in [-0.3, -0.25) is 4.79 Å². The van der Waals surface area contributed by atoms with Crippen molar-refractivity contribution in [1.82, 2.24) is 14.9 Å². The van der Waals surface area contributed by atoms with Crippen LogP contribution in [0.1, 0.15) is 12.0 Å². The smallest absolute Gasteiger partial charge is 0.242 e. The predicted octanol–water partition coefficient (Wildman–Crippen LogP) is -0.0684. The van der Waals surface area contributed by atoms with Crippen LogP contribution in [0.5, 0.6) is 0 Å². The minimum Gasteiger partial charge on any atom is -0.378 e. The fourth-order valence-electron chi connectivity index (χ4n) is 2.34. The number of ether oxygens (including phenoxy) is 1. The summed E-state index contributed by atoms with van der Waals surface area (Å²) in [7, 11) is -0.562. The maximum Gasteiger partial charge on any atom is 0.242 e. The highest BCUT2D eigenvalue weighted by atomic mass is 32.2. The molecule has 8 heteroatoms. The largest absolute Gasteiger partial charge is 0.378 e. The Bertz CT molecular complexity index is 640. The standard InChI is InChI=1S/C15H23N3O4S/c1-18(2)23(20,21)14-6-4-3-5-12(14)10-17-15(19)9-13-11-22-8-7-16-13/h3-6,13,16H,7-11H2,1-2H3,(H,17,19). The molecule has 2 rings (SSSR count). The summed E-state index contributed by atoms with van der Waals surface area (Å²) < 4.78 is 31.1. The third kappa shape index (κ3) is 4.74. The van der Waals surface area contributed by atoms with Crippen molar-refractivity contribution in [3.8, 4) is 0 Å². The fraction of sp³-hybridized carbons (Fsp3) is 0.533. The zero-order valence-electron chi connectivity index (χ0n) is 13.4. The van der Waals surface area contributed by atoms with Crippen LogP contribution in [0.25, 0.3) is 0 Å². The summed E-state index contributed by atoms with van der Waals surface area (Å²) in [6, 6.07) is 6.69. The molecule has 23 heavy (non-hydrogen) atoms. The lowest BCUT2D eigenvalue weighted by atomic mass is 10.2. The van der Waals surface area contributed by atoms with E-state index in [4.69, 9.17) is 4.74 Å². The first kappa shape index (κ1) is 17.9. The molecule has 0 aromatic heterocycles. The lowest BCUT2D eigenvalue weighted by Crippen LogP contribution is -2.44. The average Bonchev–Trinajstić information content (AvgIpc) is 2.54. The second-order valence-corrected chi connectivity index (χ2v) is 7.72. The zero-order valence-corrected chi connectivity index (χ0v) is 14.2. The topological polar surface area (TPSA) is 87.7 Å². The van der Waals surface area contributed by atoms with E-state index in [1.54, 1.807) is 24.3 Å². The van der Waals surface area contributed by atoms with Crippen molar-refractivity contribution in [3.63, 3.8) is 0 Å². The van der Waals surface area contributed by atoms with Crippen molar-refractivity contribution in [3.05, 3.63) is 29.8 Å². The van der Waals surface area contributed by atoms with E-state index in [1.165, 1.54) is 14.1 Å². The van der Waals surface area contributed by atoms with Crippen LogP contribution in [-0.2, 0) is 26.1 Å². The molecule has 1 amide bonds. The van der Waals surface area contributed by atoms with Crippen LogP contribution in [0.4, 0.5) is 0 Å². The highest BCUT2D eigenvalue weighted by Gasteiger charge is 2.21. The van der Waals surface area contributed by atoms with Gasteiger partial charge in [-0.15, -0.1) is 0 Å². The molecule has 0 radical (unpaired) electrons. The number of hydrogen-bond acceptors (Lipinski definition) is 5. The third-order valence-corrected chi connectivity index (χ3v) is 5.55. The summed E-state index contributed by atoms with van der Waals surface area (Å²) in [6.07, 6.45) is 0.308. The molecule has 128 valence electrons. The summed E-state index contributed by atoms with van der Waals surface area (Å²) in [4.78, 5) is 12.2. The van der Waals surface area contributed by atoms with Gasteiger partial charge in [-0.25, -0.2) is 12.7 Å². The number of sulfonamides is 1. The third-order valence-electron chi connectivity index (χ3n) is 3.64. The first-order chi connectivity index (χ1) is 10.9. The Labute approximate surface area is 137 Å². The summed E-state index contributed by atoms with van der Waals surface area (Å²) in [6.45, 7) is 2.09. The van der Waals surface area contributed by atoms with Crippen molar-refractivity contribution >= 4 is 15.9 Å². The molecule has 1 unspecified atom stereocenters. The highest BCUT2D eigenvalue weighted by Crippen LogP contribution is 2.18. The number of nitrogens with zero attached hydrogens (tertiary/aromatic N) is 1. The summed E-state index contributed by atoms with van der Waals surface area (Å²) in [5.41, 5.74) is 0.572. The lowest BCUT2D eigenvalue weighted by molar-refractivity contribution is -0.122. The van der Waals surface area contributed by atoms with Crippen molar-refractivity contribution in [1.29, 1.82) is 0 Å². The molecular weight excluding hydrogens is 318 g/mol. The van der Waals surface area contributed by atoms with Gasteiger partial charge < -0.3 is 15.4 Å². The van der Waals surface area contributed by atoms with Gasteiger partial charge in [-0.05, 0) is 11.6 Å². The molecule has 1 aliphatic rings. The Kier molecular flexibility index (Phi) is 6.11. The van der Waals surface area contributed by atoms with Gasteiger partial charge in [0.25, 0.3) is 0 Å². The van der Waals surface area contributed by atoms with E-state index in [0.717, 1.165) is 10.8 Å². The van der Waals surface area contributed by atoms with Crippen molar-refractivity contribution < 1.29 is 17.9 Å². The molecule has 1 aromatic carbocycles. The molecule has 1 fully saturated rings. The van der Waals surface area contributed by atoms with Crippen molar-refractivity contribution in [2.45, 2.75) is 23.9 Å². The zero-order chi connectivity index (χ0) is 16.9. The number of carbonyl (C=O) groups is 1. The Balaban J connectivity index is 1.99. The van der Waals surface area contributed by atoms with Crippen LogP contribution in [0.2, 0.25) is 0 Å². The summed E-state index contributed by atoms with van der Waals surface area (Å²) in [5, 5.41) is 5.99. The second-order valence-electron chi connectivity index (χ2n) is 5.60. The number of carbonyl (C=O) groups excluding carboxylic acids is 1. The van der Waals surface area contributed by atoms with Crippen LogP contribution >= 0.6 is 0 Å². The molecule has 1 aromatic rings. The predicted molar refractivity (Wildman–Crippen MR) is 86.4 cm³/mol. The van der Waals surface area contributed by atoms with Gasteiger partial charge in [0, 0.05) is 39.6 Å². The van der Waals surface area contributed by atoms with Crippen LogP contribution in [0, 0.1) is 0 Å². The van der Waals surface area contributed by atoms with E-state index in [-0.39, 0.29) is 23.4 Å². The fourth-order valence-corrected chi connectivity index (χ4v) is 3.45. The minimum atomic E-state index is -3.53. The Morgan fingerprint density at radius 2 is 2.13 bits per heavy atom. The van der Waals surface area contributed by atoms with Crippen LogP contribution in [0.15, 0.2) is 29.2 Å². The van der Waals surface area contributed by atoms with Gasteiger partial charge in [-0.1, -0.05) is 18.2 Å². The Morgan fingerprint density at radius 1 is 1.39 bits per heavy atom. The molecule has 0 saturated carbocycles. The average molecular weight is 341 g/mol. The molecule has 0 bridgehead atoms. The Hall–Kier alpha value is -1.48. The van der Waals surface area contributed by atoms with Gasteiger partial charge in [-0.2, -0.15) is 0 Å². The van der Waals surface area contributed by atoms with Crippen LogP contribution < -0.4 is 10.6 Å². The first-order valence-electron chi connectivity index (χ1n) is 7.49. The van der Waals surface area contributed by atoms with Gasteiger partial charge in [0.15, 0.2) is 0 Å². The normalized spacial score (nSPS) is 18.8. The van der Waals surface area contributed by atoms with E-state index in [0.29, 0.717) is 25.2 Å². The molecule has 1 aliphatic heterocycles. The minimum absolute atomic E-state index is 0.00417. The number of morpholine rings is 1. The molecule has 1 saturated heterocycles. The molecule has 7 nitrogen and oxygen atoms in total. The van der Waals surface area contributed by atoms with Gasteiger partial charge in [0.2, 0.25) is 15.9 Å². The number of benzene rings is 1. The van der Waals surface area contributed by atoms with Gasteiger partial charge in [0.1, 0.15) is 0 Å². The first-order valence-corrected chi connectivity index (χ1v) is 8.93. The molecule has 1 heterocycles. The number of nitrogens with one attached hydrogen (secondary N) is 2. The van der Waals surface area contributed by atoms with Crippen LogP contribution in [0.3, 0.4) is 0 Å². The summed E-state index contributed by atoms with van der Waals surface area (Å²) >= 11 is 0. The van der Waals surface area contributed by atoms with Gasteiger partial charge in [0.05, 0.1) is 18.1 Å². The SMILES string of the molecule is CN(C)S(=O)(=O)c1ccccc1CNC(=O)CC1COCCN1. The molecular formula is C15H23N3O4S. The highest BCUT2D eigenvalue weighted by molar-refractivity contribution is 7.89. The monoisotopic (exact) mass is 341 g/mol. The van der Waals surface area contributed by atoms with E-state index in [9.17, 15) is 13.2 Å². The maximum atomic E-state index is 12.3. The van der Waals surface area contributed by atoms with E-state index >= 15 is 0 Å². The Morgan fingerprint density at radius 3 is 2.78 bits per heavy atom. The molecule has 2 N–H and O–H groups in total. The molecule has 1 atom stereocenters. The summed E-state index contributed by atoms with van der Waals surface area (Å²) in [5.74, 6) is -0.134. The maximum absolute atomic E-state index is 12.3. The van der Waals surface area contributed by atoms with Gasteiger partial charge >= 0.3 is 0 Å². The quantitative estimate of drug-likeness (QED) is 0.756. The number of rotatable bonds is 6. The van der Waals surface area contributed by atoms with E-state index in [2.05, 4.69) is 10.6 Å². The van der Waals surface area contributed by atoms with E-state index in [1.807, 2.05) is 0 Å². The molecule has 0 aliphatic carbocycles. The van der Waals surface area contributed by atoms with E-state index < -0.39 is 10.0 Å². The van der Waals surface area contributed by atoms with Crippen molar-refractivity contribution in [2.75, 3.05) is 33.9 Å². The second kappa shape index (κ2) is 7.87. The molecule has 0 spiro atoms. The van der Waals surface area contributed by atoms with Crippen molar-refractivity contribution in [2.24, 2.45) is 0 Å². The van der Waals surface area contributed by atoms with Crippen LogP contribution in [-0.4, -0.2) is 58.5 Å². The number of amides is 1.